The predicted octanol–water partition coefficient (Wildman–Crippen LogP) is 7.06. The van der Waals surface area contributed by atoms with Gasteiger partial charge in [-0.15, -0.1) is 0 Å². The minimum Gasteiger partial charge on any atom is -0.493 e. The molecule has 4 rings (SSSR count). The summed E-state index contributed by atoms with van der Waals surface area (Å²) >= 11 is 12.0. The van der Waals surface area contributed by atoms with Crippen LogP contribution >= 0.6 is 23.2 Å². The average molecular weight is 553 g/mol. The van der Waals surface area contributed by atoms with Crippen LogP contribution in [0.5, 0.6) is 17.2 Å². The van der Waals surface area contributed by atoms with Gasteiger partial charge in [-0.2, -0.15) is 5.10 Å². The maximum Gasteiger partial charge on any atom is 0.271 e. The smallest absolute Gasteiger partial charge is 0.271 e. The third kappa shape index (κ3) is 7.47. The van der Waals surface area contributed by atoms with Crippen molar-refractivity contribution >= 4 is 35.3 Å². The topological polar surface area (TPSA) is 69.2 Å². The van der Waals surface area contributed by atoms with Crippen LogP contribution in [0.15, 0.2) is 90.0 Å². The fourth-order valence-electron chi connectivity index (χ4n) is 3.35. The molecular weight excluding hydrogens is 530 g/mol. The van der Waals surface area contributed by atoms with Gasteiger partial charge in [-0.3, -0.25) is 4.79 Å². The molecule has 1 N–H and O–H groups in total. The molecule has 0 aromatic heterocycles. The number of carbonyl (C=O) groups excluding carboxylic acids is 1. The summed E-state index contributed by atoms with van der Waals surface area (Å²) in [7, 11) is 1.53. The van der Waals surface area contributed by atoms with Crippen LogP contribution in [-0.2, 0) is 13.2 Å². The van der Waals surface area contributed by atoms with E-state index in [1.165, 1.54) is 25.5 Å². The lowest BCUT2D eigenvalue weighted by Gasteiger charge is -2.11. The Hall–Kier alpha value is -4.07. The van der Waals surface area contributed by atoms with Gasteiger partial charge < -0.3 is 14.2 Å². The number of amides is 1. The summed E-state index contributed by atoms with van der Waals surface area (Å²) in [6.07, 6.45) is 1.50. The van der Waals surface area contributed by atoms with Gasteiger partial charge in [0.15, 0.2) is 11.5 Å². The van der Waals surface area contributed by atoms with E-state index in [0.717, 1.165) is 11.1 Å². The third-order valence-electron chi connectivity index (χ3n) is 5.38. The quantitative estimate of drug-likeness (QED) is 0.169. The first kappa shape index (κ1) is 27.0. The van der Waals surface area contributed by atoms with E-state index in [-0.39, 0.29) is 18.3 Å². The number of methoxy groups -OCH3 is 1. The third-order valence-corrected chi connectivity index (χ3v) is 6.12. The lowest BCUT2D eigenvalue weighted by molar-refractivity contribution is 0.0955. The molecule has 6 nitrogen and oxygen atoms in total. The number of hydrogen-bond acceptors (Lipinski definition) is 5. The lowest BCUT2D eigenvalue weighted by atomic mass is 10.2. The highest BCUT2D eigenvalue weighted by Gasteiger charge is 2.08. The van der Waals surface area contributed by atoms with Gasteiger partial charge in [0, 0.05) is 5.56 Å². The van der Waals surface area contributed by atoms with E-state index in [1.54, 1.807) is 66.7 Å². The highest BCUT2D eigenvalue weighted by molar-refractivity contribution is 6.42. The first-order valence-corrected chi connectivity index (χ1v) is 12.2. The maximum atomic E-state index is 13.1. The van der Waals surface area contributed by atoms with Gasteiger partial charge in [0.1, 0.15) is 24.8 Å². The molecule has 0 fully saturated rings. The second-order valence-electron chi connectivity index (χ2n) is 8.09. The SMILES string of the molecule is COc1cc(/C=N\NC(=O)c2ccc(OCc3ccc(Cl)c(Cl)c3)cc2)ccc1OCc1ccc(F)cc1. The second kappa shape index (κ2) is 12.9. The molecule has 4 aromatic rings. The fraction of sp³-hybridized carbons (Fsp3) is 0.103. The van der Waals surface area contributed by atoms with E-state index in [9.17, 15) is 9.18 Å². The van der Waals surface area contributed by atoms with Crippen molar-refractivity contribution in [1.29, 1.82) is 0 Å². The molecule has 0 spiro atoms. The molecule has 4 aromatic carbocycles. The minimum absolute atomic E-state index is 0.263. The summed E-state index contributed by atoms with van der Waals surface area (Å²) in [6, 6.07) is 23.3. The van der Waals surface area contributed by atoms with Gasteiger partial charge in [-0.1, -0.05) is 41.4 Å². The van der Waals surface area contributed by atoms with Crippen molar-refractivity contribution in [3.05, 3.63) is 123 Å². The van der Waals surface area contributed by atoms with Crippen molar-refractivity contribution in [2.45, 2.75) is 13.2 Å². The van der Waals surface area contributed by atoms with Crippen molar-refractivity contribution in [2.75, 3.05) is 7.11 Å². The summed E-state index contributed by atoms with van der Waals surface area (Å²) in [5, 5.41) is 4.97. The average Bonchev–Trinajstić information content (AvgIpc) is 2.94. The summed E-state index contributed by atoms with van der Waals surface area (Å²) in [5.41, 5.74) is 5.32. The largest absolute Gasteiger partial charge is 0.493 e. The molecule has 194 valence electrons. The number of halogens is 3. The zero-order valence-corrected chi connectivity index (χ0v) is 21.8. The van der Waals surface area contributed by atoms with Crippen LogP contribution < -0.4 is 19.6 Å². The first-order valence-electron chi connectivity index (χ1n) is 11.5. The van der Waals surface area contributed by atoms with Crippen molar-refractivity contribution in [3.63, 3.8) is 0 Å². The molecule has 0 radical (unpaired) electrons. The maximum absolute atomic E-state index is 13.1. The summed E-state index contributed by atoms with van der Waals surface area (Å²) in [5.74, 6) is 0.955. The number of nitrogens with one attached hydrogen (secondary N) is 1. The van der Waals surface area contributed by atoms with Gasteiger partial charge in [0.25, 0.3) is 5.91 Å². The van der Waals surface area contributed by atoms with Gasteiger partial charge >= 0.3 is 0 Å². The molecule has 0 aliphatic rings. The van der Waals surface area contributed by atoms with Gasteiger partial charge in [0.05, 0.1) is 23.4 Å². The van der Waals surface area contributed by atoms with Crippen LogP contribution in [0, 0.1) is 5.82 Å². The summed E-state index contributed by atoms with van der Waals surface area (Å²) in [6.45, 7) is 0.575. The van der Waals surface area contributed by atoms with Crippen molar-refractivity contribution < 1.29 is 23.4 Å². The molecule has 0 saturated heterocycles. The van der Waals surface area contributed by atoms with Gasteiger partial charge in [-0.05, 0) is 83.4 Å². The number of carbonyl (C=O) groups is 1. The fourth-order valence-corrected chi connectivity index (χ4v) is 3.67. The Morgan fingerprint density at radius 3 is 2.26 bits per heavy atom. The molecule has 0 heterocycles. The Morgan fingerprint density at radius 1 is 0.842 bits per heavy atom. The molecule has 1 amide bonds. The monoisotopic (exact) mass is 552 g/mol. The molecule has 0 aliphatic heterocycles. The Morgan fingerprint density at radius 2 is 1.55 bits per heavy atom. The molecule has 9 heteroatoms. The second-order valence-corrected chi connectivity index (χ2v) is 8.90. The molecule has 0 atom stereocenters. The lowest BCUT2D eigenvalue weighted by Crippen LogP contribution is -2.17. The van der Waals surface area contributed by atoms with Crippen LogP contribution in [0.3, 0.4) is 0 Å². The first-order chi connectivity index (χ1) is 18.4. The van der Waals surface area contributed by atoms with Gasteiger partial charge in [0.2, 0.25) is 0 Å². The number of hydrogen-bond donors (Lipinski definition) is 1. The summed E-state index contributed by atoms with van der Waals surface area (Å²) < 4.78 is 30.0. The minimum atomic E-state index is -0.372. The van der Waals surface area contributed by atoms with Crippen molar-refractivity contribution in [1.82, 2.24) is 5.43 Å². The number of nitrogens with zero attached hydrogens (tertiary/aromatic N) is 1. The Bertz CT molecular complexity index is 1430. The van der Waals surface area contributed by atoms with Crippen LogP contribution in [0.2, 0.25) is 10.0 Å². The zero-order chi connectivity index (χ0) is 26.9. The van der Waals surface area contributed by atoms with Crippen LogP contribution in [0.1, 0.15) is 27.0 Å². The highest BCUT2D eigenvalue weighted by atomic mass is 35.5. The Balaban J connectivity index is 1.29. The van der Waals surface area contributed by atoms with E-state index in [1.807, 2.05) is 6.07 Å². The zero-order valence-electron chi connectivity index (χ0n) is 20.3. The molecule has 0 unspecified atom stereocenters. The van der Waals surface area contributed by atoms with E-state index in [4.69, 9.17) is 37.4 Å². The number of rotatable bonds is 10. The van der Waals surface area contributed by atoms with E-state index >= 15 is 0 Å². The molecule has 0 bridgehead atoms. The van der Waals surface area contributed by atoms with Crippen LogP contribution in [-0.4, -0.2) is 19.2 Å². The number of hydrazone groups is 1. The van der Waals surface area contributed by atoms with Crippen LogP contribution in [0.4, 0.5) is 4.39 Å². The molecule has 38 heavy (non-hydrogen) atoms. The summed E-state index contributed by atoms with van der Waals surface area (Å²) in [4.78, 5) is 12.5. The molecule has 0 aliphatic carbocycles. The van der Waals surface area contributed by atoms with Crippen LogP contribution in [0.25, 0.3) is 0 Å². The van der Waals surface area contributed by atoms with E-state index in [0.29, 0.717) is 45.0 Å². The molecule has 0 saturated carbocycles. The standard InChI is InChI=1S/C29H23Cl2FN2O4/c1-36-28-15-20(5-13-27(28)38-17-19-2-8-23(32)9-3-19)16-33-34-29(35)22-6-10-24(11-7-22)37-18-21-4-12-25(30)26(31)14-21/h2-16H,17-18H2,1H3,(H,34,35)/b33-16-. The Kier molecular flexibility index (Phi) is 9.19. The highest BCUT2D eigenvalue weighted by Crippen LogP contribution is 2.28. The number of benzene rings is 4. The predicted molar refractivity (Wildman–Crippen MR) is 146 cm³/mol. The normalized spacial score (nSPS) is 10.8. The number of ether oxygens (including phenoxy) is 3. The van der Waals surface area contributed by atoms with E-state index in [2.05, 4.69) is 10.5 Å². The Labute approximate surface area is 229 Å². The van der Waals surface area contributed by atoms with Crippen molar-refractivity contribution in [3.8, 4) is 17.2 Å². The van der Waals surface area contributed by atoms with Gasteiger partial charge in [-0.25, -0.2) is 9.82 Å². The van der Waals surface area contributed by atoms with E-state index < -0.39 is 0 Å². The van der Waals surface area contributed by atoms with Crippen molar-refractivity contribution in [2.24, 2.45) is 5.10 Å². The molecular formula is C29H23Cl2FN2O4.